The molecule has 8 heteroatoms. The zero-order valence-electron chi connectivity index (χ0n) is 17.7. The normalized spacial score (nSPS) is 14.4. The van der Waals surface area contributed by atoms with Crippen LogP contribution in [-0.4, -0.2) is 38.5 Å². The molecule has 0 radical (unpaired) electrons. The van der Waals surface area contributed by atoms with E-state index in [9.17, 15) is 10.1 Å². The number of rotatable bonds is 4. The predicted octanol–water partition coefficient (Wildman–Crippen LogP) is 3.04. The molecule has 1 aliphatic heterocycles. The first kappa shape index (κ1) is 19.8. The number of benzene rings is 2. The van der Waals surface area contributed by atoms with Crippen LogP contribution >= 0.6 is 0 Å². The average Bonchev–Trinajstić information content (AvgIpc) is 3.37. The number of aromatic nitrogens is 4. The minimum absolute atomic E-state index is 0.0758. The molecule has 0 amide bonds. The highest BCUT2D eigenvalue weighted by molar-refractivity contribution is 5.94. The van der Waals surface area contributed by atoms with E-state index in [2.05, 4.69) is 21.1 Å². The van der Waals surface area contributed by atoms with Gasteiger partial charge in [-0.1, -0.05) is 18.2 Å². The number of anilines is 1. The van der Waals surface area contributed by atoms with Crippen molar-refractivity contribution >= 4 is 16.6 Å². The van der Waals surface area contributed by atoms with E-state index in [0.29, 0.717) is 13.1 Å². The Morgan fingerprint density at radius 3 is 2.53 bits per heavy atom. The summed E-state index contributed by atoms with van der Waals surface area (Å²) in [7, 11) is 1.71. The topological polar surface area (TPSA) is 89.0 Å². The van der Waals surface area contributed by atoms with Gasteiger partial charge in [0.1, 0.15) is 36.1 Å². The number of hydrogen-bond acceptors (Lipinski definition) is 6. The van der Waals surface area contributed by atoms with Crippen LogP contribution in [0.25, 0.3) is 16.6 Å². The van der Waals surface area contributed by atoms with Crippen molar-refractivity contribution in [1.82, 2.24) is 19.3 Å². The third-order valence-corrected chi connectivity index (χ3v) is 5.97. The van der Waals surface area contributed by atoms with Gasteiger partial charge in [0, 0.05) is 38.4 Å². The molecule has 2 aromatic carbocycles. The number of aryl methyl sites for hydroxylation is 1. The number of fused-ring (bicyclic) bond motifs is 1. The molecule has 1 fully saturated rings. The summed E-state index contributed by atoms with van der Waals surface area (Å²) in [5.41, 5.74) is 2.44. The Labute approximate surface area is 184 Å². The van der Waals surface area contributed by atoms with Crippen molar-refractivity contribution in [3.05, 3.63) is 77.1 Å². The quantitative estimate of drug-likeness (QED) is 0.498. The number of nitriles is 1. The molecule has 1 saturated heterocycles. The van der Waals surface area contributed by atoms with Crippen LogP contribution in [0.3, 0.4) is 0 Å². The molecular weight excluding hydrogens is 404 g/mol. The summed E-state index contributed by atoms with van der Waals surface area (Å²) in [6.07, 6.45) is 4.84. The molecule has 0 spiro atoms. The lowest BCUT2D eigenvalue weighted by Gasteiger charge is -2.35. The minimum Gasteiger partial charge on any atom is -0.490 e. The number of piperidine rings is 1. The van der Waals surface area contributed by atoms with Crippen LogP contribution in [0, 0.1) is 11.3 Å². The summed E-state index contributed by atoms with van der Waals surface area (Å²) < 4.78 is 9.45. The van der Waals surface area contributed by atoms with E-state index < -0.39 is 0 Å². The van der Waals surface area contributed by atoms with E-state index in [1.807, 2.05) is 48.5 Å². The Hall–Kier alpha value is -4.12. The van der Waals surface area contributed by atoms with Gasteiger partial charge in [0.05, 0.1) is 16.9 Å². The molecule has 0 atom stereocenters. The lowest BCUT2D eigenvalue weighted by molar-refractivity contribution is 0.171. The van der Waals surface area contributed by atoms with Gasteiger partial charge in [-0.25, -0.2) is 9.67 Å². The van der Waals surface area contributed by atoms with Crippen molar-refractivity contribution < 1.29 is 4.74 Å². The van der Waals surface area contributed by atoms with Gasteiger partial charge >= 0.3 is 0 Å². The van der Waals surface area contributed by atoms with Gasteiger partial charge < -0.3 is 14.2 Å². The predicted molar refractivity (Wildman–Crippen MR) is 121 cm³/mol. The molecule has 1 aliphatic rings. The molecule has 32 heavy (non-hydrogen) atoms. The third-order valence-electron chi connectivity index (χ3n) is 5.97. The van der Waals surface area contributed by atoms with Gasteiger partial charge in [0.2, 0.25) is 0 Å². The zero-order chi connectivity index (χ0) is 22.1. The number of para-hydroxylation sites is 1. The lowest BCUT2D eigenvalue weighted by atomic mass is 10.0. The van der Waals surface area contributed by atoms with E-state index in [1.165, 1.54) is 6.33 Å². The molecule has 0 aliphatic carbocycles. The monoisotopic (exact) mass is 426 g/mol. The van der Waals surface area contributed by atoms with Crippen LogP contribution in [0.15, 0.2) is 66.0 Å². The Morgan fingerprint density at radius 2 is 1.84 bits per heavy atom. The maximum Gasteiger partial charge on any atom is 0.270 e. The summed E-state index contributed by atoms with van der Waals surface area (Å²) in [5.74, 6) is 0.809. The molecule has 2 aromatic heterocycles. The van der Waals surface area contributed by atoms with E-state index in [0.717, 1.165) is 40.9 Å². The number of nitrogens with zero attached hydrogens (tertiary/aromatic N) is 6. The van der Waals surface area contributed by atoms with Crippen LogP contribution < -0.4 is 15.2 Å². The average molecular weight is 426 g/mol. The van der Waals surface area contributed by atoms with Crippen LogP contribution in [0.2, 0.25) is 0 Å². The SMILES string of the molecule is Cn1c(=O)c(C#N)c(N2CCC(Oc3ccc(-n4cncn4)cc3)CC2)c2ccccc21. The molecule has 8 nitrogen and oxygen atoms in total. The number of hydrogen-bond donors (Lipinski definition) is 0. The highest BCUT2D eigenvalue weighted by Crippen LogP contribution is 2.31. The number of ether oxygens (including phenoxy) is 1. The highest BCUT2D eigenvalue weighted by atomic mass is 16.5. The van der Waals surface area contributed by atoms with Crippen molar-refractivity contribution in [3.8, 4) is 17.5 Å². The fraction of sp³-hybridized carbons (Fsp3) is 0.250. The van der Waals surface area contributed by atoms with Crippen molar-refractivity contribution in [3.63, 3.8) is 0 Å². The van der Waals surface area contributed by atoms with E-state index in [4.69, 9.17) is 4.74 Å². The second-order valence-electron chi connectivity index (χ2n) is 7.85. The molecule has 0 saturated carbocycles. The summed E-state index contributed by atoms with van der Waals surface area (Å²) in [5, 5.41) is 14.8. The smallest absolute Gasteiger partial charge is 0.270 e. The van der Waals surface area contributed by atoms with Gasteiger partial charge in [-0.05, 0) is 30.3 Å². The summed E-state index contributed by atoms with van der Waals surface area (Å²) in [6, 6.07) is 17.7. The van der Waals surface area contributed by atoms with Gasteiger partial charge in [0.25, 0.3) is 5.56 Å². The van der Waals surface area contributed by atoms with Crippen LogP contribution in [0.5, 0.6) is 5.75 Å². The molecule has 0 bridgehead atoms. The molecule has 160 valence electrons. The number of pyridine rings is 1. The van der Waals surface area contributed by atoms with Crippen LogP contribution in [-0.2, 0) is 7.05 Å². The fourth-order valence-electron chi connectivity index (χ4n) is 4.32. The lowest BCUT2D eigenvalue weighted by Crippen LogP contribution is -2.40. The van der Waals surface area contributed by atoms with Crippen molar-refractivity contribution in [1.29, 1.82) is 5.26 Å². The Balaban J connectivity index is 1.33. The van der Waals surface area contributed by atoms with Crippen LogP contribution in [0.4, 0.5) is 5.69 Å². The molecule has 4 aromatic rings. The largest absolute Gasteiger partial charge is 0.490 e. The molecule has 0 N–H and O–H groups in total. The van der Waals surface area contributed by atoms with E-state index in [1.54, 1.807) is 22.6 Å². The standard InChI is InChI=1S/C24H22N6O2/c1-28-22-5-3-2-4-20(22)23(21(14-25)24(28)31)29-12-10-19(11-13-29)32-18-8-6-17(7-9-18)30-16-26-15-27-30/h2-9,15-16,19H,10-13H2,1H3. The van der Waals surface area contributed by atoms with Crippen molar-refractivity contribution in [2.24, 2.45) is 7.05 Å². The third kappa shape index (κ3) is 3.48. The minimum atomic E-state index is -0.257. The summed E-state index contributed by atoms with van der Waals surface area (Å²) in [6.45, 7) is 1.43. The zero-order valence-corrected chi connectivity index (χ0v) is 17.7. The summed E-state index contributed by atoms with van der Waals surface area (Å²) in [4.78, 5) is 18.9. The maximum absolute atomic E-state index is 12.8. The second kappa shape index (κ2) is 8.19. The van der Waals surface area contributed by atoms with Gasteiger partial charge in [-0.3, -0.25) is 4.79 Å². The van der Waals surface area contributed by atoms with Crippen molar-refractivity contribution in [2.45, 2.75) is 18.9 Å². The molecular formula is C24H22N6O2. The van der Waals surface area contributed by atoms with Gasteiger partial charge in [-0.15, -0.1) is 0 Å². The van der Waals surface area contributed by atoms with E-state index >= 15 is 0 Å². The second-order valence-corrected chi connectivity index (χ2v) is 7.85. The first-order chi connectivity index (χ1) is 15.7. The van der Waals surface area contributed by atoms with Gasteiger partial charge in [-0.2, -0.15) is 10.4 Å². The Bertz CT molecular complexity index is 1340. The Morgan fingerprint density at radius 1 is 1.09 bits per heavy atom. The molecule has 0 unspecified atom stereocenters. The van der Waals surface area contributed by atoms with E-state index in [-0.39, 0.29) is 17.2 Å². The highest BCUT2D eigenvalue weighted by Gasteiger charge is 2.26. The molecule has 5 rings (SSSR count). The fourth-order valence-corrected chi connectivity index (χ4v) is 4.32. The maximum atomic E-state index is 12.8. The van der Waals surface area contributed by atoms with Gasteiger partial charge in [0.15, 0.2) is 0 Å². The molecule has 3 heterocycles. The first-order valence-corrected chi connectivity index (χ1v) is 10.5. The Kier molecular flexibility index (Phi) is 5.07. The first-order valence-electron chi connectivity index (χ1n) is 10.5. The van der Waals surface area contributed by atoms with Crippen LogP contribution in [0.1, 0.15) is 18.4 Å². The summed E-state index contributed by atoms with van der Waals surface area (Å²) >= 11 is 0. The van der Waals surface area contributed by atoms with Crippen molar-refractivity contribution in [2.75, 3.05) is 18.0 Å².